The molecule has 10 heteroatoms. The monoisotopic (exact) mass is 543 g/mol. The van der Waals surface area contributed by atoms with Crippen LogP contribution in [0.1, 0.15) is 48.3 Å². The van der Waals surface area contributed by atoms with Crippen molar-refractivity contribution in [1.29, 1.82) is 0 Å². The fourth-order valence-corrected chi connectivity index (χ4v) is 5.88. The smallest absolute Gasteiger partial charge is 0.264 e. The summed E-state index contributed by atoms with van der Waals surface area (Å²) in [6, 6.07) is 12.0. The van der Waals surface area contributed by atoms with Crippen LogP contribution in [0.3, 0.4) is 0 Å². The third kappa shape index (κ3) is 4.79. The quantitative estimate of drug-likeness (QED) is 0.361. The van der Waals surface area contributed by atoms with Crippen LogP contribution in [-0.4, -0.2) is 52.6 Å². The maximum absolute atomic E-state index is 15.0. The van der Waals surface area contributed by atoms with Gasteiger partial charge in [0.1, 0.15) is 11.9 Å². The van der Waals surface area contributed by atoms with E-state index in [0.717, 1.165) is 23.7 Å². The second-order valence-corrected chi connectivity index (χ2v) is 10.8. The van der Waals surface area contributed by atoms with Gasteiger partial charge in [-0.25, -0.2) is 4.39 Å². The van der Waals surface area contributed by atoms with Gasteiger partial charge in [-0.05, 0) is 48.6 Å². The molecular weight excluding hydrogens is 513 g/mol. The number of fused-ring (bicyclic) bond motifs is 1. The molecule has 0 bridgehead atoms. The van der Waals surface area contributed by atoms with Gasteiger partial charge in [-0.2, -0.15) is 0 Å². The van der Waals surface area contributed by atoms with E-state index in [2.05, 4.69) is 15.5 Å². The van der Waals surface area contributed by atoms with Gasteiger partial charge >= 0.3 is 0 Å². The number of nitrogens with two attached hydrogens (primary N) is 1. The first-order valence-corrected chi connectivity index (χ1v) is 13.5. The van der Waals surface area contributed by atoms with Gasteiger partial charge in [0, 0.05) is 55.5 Å². The Morgan fingerprint density at radius 1 is 1.00 bits per heavy atom. The summed E-state index contributed by atoms with van der Waals surface area (Å²) < 4.78 is 15.0. The van der Waals surface area contributed by atoms with Crippen LogP contribution in [0.15, 0.2) is 65.4 Å². The van der Waals surface area contributed by atoms with Gasteiger partial charge in [-0.3, -0.25) is 34.3 Å². The molecular formula is C30H30FN5O4. The Morgan fingerprint density at radius 2 is 1.77 bits per heavy atom. The predicted octanol–water partition coefficient (Wildman–Crippen LogP) is 2.25. The predicted molar refractivity (Wildman–Crippen MR) is 144 cm³/mol. The Balaban J connectivity index is 1.09. The number of allylic oxidation sites excluding steroid dienone is 2. The van der Waals surface area contributed by atoms with Gasteiger partial charge < -0.3 is 11.1 Å². The van der Waals surface area contributed by atoms with Crippen LogP contribution in [0, 0.1) is 5.82 Å². The van der Waals surface area contributed by atoms with Crippen LogP contribution in [0.5, 0.6) is 0 Å². The van der Waals surface area contributed by atoms with Gasteiger partial charge in [0.2, 0.25) is 11.8 Å². The lowest BCUT2D eigenvalue weighted by Gasteiger charge is -2.39. The van der Waals surface area contributed by atoms with Crippen molar-refractivity contribution >= 4 is 29.3 Å². The molecule has 1 unspecified atom stereocenters. The zero-order valence-corrected chi connectivity index (χ0v) is 21.9. The lowest BCUT2D eigenvalue weighted by atomic mass is 9.91. The number of benzene rings is 2. The van der Waals surface area contributed by atoms with E-state index in [-0.39, 0.29) is 36.3 Å². The topological polar surface area (TPSA) is 125 Å². The number of carbonyl (C=O) groups is 4. The Morgan fingerprint density at radius 3 is 2.50 bits per heavy atom. The summed E-state index contributed by atoms with van der Waals surface area (Å²) in [4.78, 5) is 53.4. The number of imide groups is 2. The van der Waals surface area contributed by atoms with E-state index in [9.17, 15) is 23.6 Å². The normalized spacial score (nSPS) is 21.8. The molecule has 0 aromatic heterocycles. The van der Waals surface area contributed by atoms with E-state index in [4.69, 9.17) is 5.73 Å². The number of hydrogen-bond acceptors (Lipinski definition) is 7. The molecule has 9 nitrogen and oxygen atoms in total. The second kappa shape index (κ2) is 10.3. The van der Waals surface area contributed by atoms with E-state index in [1.807, 2.05) is 30.3 Å². The fraction of sp³-hybridized carbons (Fsp3) is 0.333. The number of piperidine rings is 1. The van der Waals surface area contributed by atoms with Crippen LogP contribution in [0.4, 0.5) is 10.1 Å². The average molecular weight is 544 g/mol. The van der Waals surface area contributed by atoms with Gasteiger partial charge in [-0.15, -0.1) is 0 Å². The van der Waals surface area contributed by atoms with E-state index < -0.39 is 29.7 Å². The molecule has 3 saturated heterocycles. The number of anilines is 1. The van der Waals surface area contributed by atoms with Crippen molar-refractivity contribution in [3.05, 3.63) is 87.9 Å². The van der Waals surface area contributed by atoms with Gasteiger partial charge in [0.15, 0.2) is 0 Å². The molecule has 0 spiro atoms. The van der Waals surface area contributed by atoms with Gasteiger partial charge in [-0.1, -0.05) is 30.3 Å². The molecule has 40 heavy (non-hydrogen) atoms. The van der Waals surface area contributed by atoms with E-state index in [1.165, 1.54) is 11.6 Å². The summed E-state index contributed by atoms with van der Waals surface area (Å²) in [5.41, 5.74) is 10.2. The Bertz CT molecular complexity index is 1480. The molecule has 4 amide bonds. The van der Waals surface area contributed by atoms with Crippen LogP contribution in [0.2, 0.25) is 0 Å². The minimum atomic E-state index is -1.01. The highest BCUT2D eigenvalue weighted by Gasteiger charge is 2.48. The van der Waals surface area contributed by atoms with Crippen molar-refractivity contribution in [2.75, 3.05) is 18.8 Å². The van der Waals surface area contributed by atoms with Crippen molar-refractivity contribution < 1.29 is 23.6 Å². The second-order valence-electron chi connectivity index (χ2n) is 10.8. The zero-order chi connectivity index (χ0) is 28.0. The summed E-state index contributed by atoms with van der Waals surface area (Å²) in [6.45, 7) is 2.54. The highest BCUT2D eigenvalue weighted by Crippen LogP contribution is 2.35. The number of amides is 4. The number of rotatable bonds is 7. The minimum Gasteiger partial charge on any atom is -0.399 e. The van der Waals surface area contributed by atoms with Crippen LogP contribution < -0.4 is 16.4 Å². The van der Waals surface area contributed by atoms with E-state index >= 15 is 0 Å². The maximum Gasteiger partial charge on any atom is 0.264 e. The minimum absolute atomic E-state index is 0.0686. The average Bonchev–Trinajstić information content (AvgIpc) is 3.16. The molecule has 4 aliphatic rings. The first-order chi connectivity index (χ1) is 19.3. The molecule has 1 atom stereocenters. The van der Waals surface area contributed by atoms with Crippen molar-refractivity contribution in [2.45, 2.75) is 50.7 Å². The van der Waals surface area contributed by atoms with Crippen LogP contribution >= 0.6 is 0 Å². The maximum atomic E-state index is 15.0. The molecule has 1 aliphatic carbocycles. The van der Waals surface area contributed by atoms with E-state index in [1.54, 1.807) is 12.1 Å². The van der Waals surface area contributed by atoms with Gasteiger partial charge in [0.25, 0.3) is 11.8 Å². The zero-order valence-electron chi connectivity index (χ0n) is 21.9. The van der Waals surface area contributed by atoms with E-state index in [0.29, 0.717) is 42.1 Å². The lowest BCUT2D eigenvalue weighted by molar-refractivity contribution is -0.149. The molecule has 3 fully saturated rings. The highest BCUT2D eigenvalue weighted by atomic mass is 19.1. The van der Waals surface area contributed by atoms with Crippen molar-refractivity contribution in [2.24, 2.45) is 0 Å². The Hall–Kier alpha value is -4.31. The summed E-state index contributed by atoms with van der Waals surface area (Å²) in [6.07, 6.45) is 2.97. The Labute approximate surface area is 230 Å². The molecule has 0 radical (unpaired) electrons. The first kappa shape index (κ1) is 25.9. The molecule has 2 aromatic rings. The number of nitrogens with one attached hydrogen (secondary N) is 2. The highest BCUT2D eigenvalue weighted by molar-refractivity contribution is 6.26. The Kier molecular flexibility index (Phi) is 6.71. The lowest BCUT2D eigenvalue weighted by Crippen LogP contribution is -2.54. The number of likely N-dealkylation sites (tertiary alicyclic amines) is 2. The summed E-state index contributed by atoms with van der Waals surface area (Å²) in [7, 11) is 0. The number of hydrogen-bond donors (Lipinski definition) is 3. The molecule has 206 valence electrons. The van der Waals surface area contributed by atoms with Crippen LogP contribution in [-0.2, 0) is 32.3 Å². The largest absolute Gasteiger partial charge is 0.399 e. The van der Waals surface area contributed by atoms with Crippen molar-refractivity contribution in [1.82, 2.24) is 20.4 Å². The van der Waals surface area contributed by atoms with Crippen LogP contribution in [0.25, 0.3) is 0 Å². The summed E-state index contributed by atoms with van der Waals surface area (Å²) in [5.74, 6) is -1.97. The third-order valence-electron chi connectivity index (χ3n) is 8.10. The molecule has 4 N–H and O–H groups in total. The first-order valence-electron chi connectivity index (χ1n) is 13.5. The van der Waals surface area contributed by atoms with Gasteiger partial charge in [0.05, 0.1) is 11.1 Å². The molecule has 6 rings (SSSR count). The molecule has 3 aliphatic heterocycles. The fourth-order valence-electron chi connectivity index (χ4n) is 5.88. The van der Waals surface area contributed by atoms with Crippen molar-refractivity contribution in [3.63, 3.8) is 0 Å². The number of halogens is 1. The van der Waals surface area contributed by atoms with Crippen molar-refractivity contribution in [3.8, 4) is 0 Å². The molecule has 3 heterocycles. The number of nitrogen functional groups attached to an aromatic ring is 1. The molecule has 0 saturated carbocycles. The number of carbonyl (C=O) groups excluding carboxylic acids is 4. The summed E-state index contributed by atoms with van der Waals surface area (Å²) in [5, 5.41) is 5.45. The molecule has 2 aromatic carbocycles. The number of nitrogens with zero attached hydrogens (tertiary/aromatic N) is 2. The SMILES string of the molecule is Nc1ccc(C2CN(Cc3ccc(CNC4=C5C(=O)N(C6CCC(=O)NC6=O)C(=O)C5=CCC4)cc3F)C2)cc1. The standard InChI is InChI=1S/C30H30FN5O4/c31-23-12-17(4-5-19(23)14-35-15-20(16-35)18-6-8-21(32)9-7-18)13-33-24-3-1-2-22-27(24)30(40)36(29(22)39)25-10-11-26(37)34-28(25)38/h2,4-9,12,20,25,33H,1,3,10-11,13-16,32H2,(H,34,37,38). The third-order valence-corrected chi connectivity index (χ3v) is 8.10. The summed E-state index contributed by atoms with van der Waals surface area (Å²) >= 11 is 0.